The Hall–Kier alpha value is -2.34. The fourth-order valence-electron chi connectivity index (χ4n) is 4.44. The van der Waals surface area contributed by atoms with Gasteiger partial charge >= 0.3 is 0 Å². The molecule has 2 saturated heterocycles. The normalized spacial score (nSPS) is 23.9. The maximum absolute atomic E-state index is 12.9. The molecule has 0 spiro atoms. The van der Waals surface area contributed by atoms with E-state index >= 15 is 0 Å². The molecule has 1 aromatic rings. The number of nitrogens with zero attached hydrogens (tertiary/aromatic N) is 4. The number of Topliss-reactive ketones (excluding diaryl/α,β-unsaturated/α-hetero) is 1. The van der Waals surface area contributed by atoms with Gasteiger partial charge in [0.05, 0.1) is 17.9 Å². The van der Waals surface area contributed by atoms with Crippen molar-refractivity contribution < 1.29 is 4.79 Å². The van der Waals surface area contributed by atoms with Crippen LogP contribution < -0.4 is 9.80 Å². The van der Waals surface area contributed by atoms with E-state index in [1.165, 1.54) is 0 Å². The lowest BCUT2D eigenvalue weighted by Gasteiger charge is -2.27. The summed E-state index contributed by atoms with van der Waals surface area (Å²) in [6.45, 7) is 6.71. The largest absolute Gasteiger partial charge is 0.344 e. The Balaban J connectivity index is 1.66. The number of amidine groups is 1. The van der Waals surface area contributed by atoms with Gasteiger partial charge in [0.1, 0.15) is 17.2 Å². The zero-order valence-electron chi connectivity index (χ0n) is 16.0. The van der Waals surface area contributed by atoms with Gasteiger partial charge in [0.2, 0.25) is 0 Å². The summed E-state index contributed by atoms with van der Waals surface area (Å²) in [5.41, 5.74) is 2.70. The molecular formula is C20H27N5O. The average Bonchev–Trinajstić information content (AvgIpc) is 3.27. The molecule has 0 saturated carbocycles. The van der Waals surface area contributed by atoms with Crippen molar-refractivity contribution in [1.82, 2.24) is 9.80 Å². The molecule has 3 aliphatic heterocycles. The van der Waals surface area contributed by atoms with Crippen molar-refractivity contribution in [3.05, 3.63) is 35.7 Å². The number of rotatable bonds is 2. The van der Waals surface area contributed by atoms with Crippen molar-refractivity contribution in [3.63, 3.8) is 0 Å². The smallest absolute Gasteiger partial charge is 0.189 e. The highest BCUT2D eigenvalue weighted by atomic mass is 16.1. The fourth-order valence-corrected chi connectivity index (χ4v) is 4.44. The Kier molecular flexibility index (Phi) is 4.03. The fraction of sp³-hybridized carbons (Fsp3) is 0.500. The van der Waals surface area contributed by atoms with E-state index in [9.17, 15) is 4.79 Å². The molecule has 6 heteroatoms. The van der Waals surface area contributed by atoms with Crippen LogP contribution in [0.25, 0.3) is 0 Å². The first-order valence-electron chi connectivity index (χ1n) is 9.33. The number of likely N-dealkylation sites (tertiary alicyclic amines) is 2. The molecule has 3 heterocycles. The van der Waals surface area contributed by atoms with Crippen LogP contribution in [-0.4, -0.2) is 67.2 Å². The molecule has 3 aliphatic rings. The number of hydrogen-bond acceptors (Lipinski definition) is 5. The summed E-state index contributed by atoms with van der Waals surface area (Å²) in [6.07, 6.45) is 1.02. The van der Waals surface area contributed by atoms with Crippen LogP contribution in [0.4, 0.5) is 11.4 Å². The summed E-state index contributed by atoms with van der Waals surface area (Å²) < 4.78 is 0. The van der Waals surface area contributed by atoms with Crippen molar-refractivity contribution in [2.24, 2.45) is 0 Å². The highest BCUT2D eigenvalue weighted by molar-refractivity contribution is 6.27. The molecule has 1 aromatic carbocycles. The van der Waals surface area contributed by atoms with Crippen molar-refractivity contribution >= 4 is 23.0 Å². The average molecular weight is 353 g/mol. The highest BCUT2D eigenvalue weighted by Crippen LogP contribution is 2.41. The Morgan fingerprint density at radius 3 is 2.27 bits per heavy atom. The van der Waals surface area contributed by atoms with Gasteiger partial charge in [-0.2, -0.15) is 0 Å². The molecule has 0 radical (unpaired) electrons. The minimum Gasteiger partial charge on any atom is -0.344 e. The van der Waals surface area contributed by atoms with Crippen LogP contribution >= 0.6 is 0 Å². The second kappa shape index (κ2) is 6.13. The number of hydrogen-bond donors (Lipinski definition) is 1. The second-order valence-electron chi connectivity index (χ2n) is 7.74. The number of para-hydroxylation sites is 2. The molecule has 138 valence electrons. The lowest BCUT2D eigenvalue weighted by molar-refractivity contribution is -0.114. The number of ketones is 1. The quantitative estimate of drug-likeness (QED) is 0.826. The van der Waals surface area contributed by atoms with Crippen LogP contribution in [0.15, 0.2) is 35.7 Å². The number of nitrogens with one attached hydrogen (secondary N) is 1. The summed E-state index contributed by atoms with van der Waals surface area (Å²) >= 11 is 0. The minimum absolute atomic E-state index is 0.0551. The van der Waals surface area contributed by atoms with Crippen molar-refractivity contribution in [2.45, 2.75) is 32.4 Å². The highest BCUT2D eigenvalue weighted by Gasteiger charge is 2.42. The summed E-state index contributed by atoms with van der Waals surface area (Å²) in [4.78, 5) is 21.4. The number of carbonyl (C=O) groups excluding carboxylic acids is 1. The van der Waals surface area contributed by atoms with Crippen LogP contribution in [0.5, 0.6) is 0 Å². The molecule has 0 aliphatic carbocycles. The lowest BCUT2D eigenvalue weighted by Crippen LogP contribution is -2.40. The molecule has 1 N–H and O–H groups in total. The first kappa shape index (κ1) is 17.1. The van der Waals surface area contributed by atoms with E-state index in [-0.39, 0.29) is 11.8 Å². The van der Waals surface area contributed by atoms with Crippen molar-refractivity contribution in [3.8, 4) is 0 Å². The molecule has 4 rings (SSSR count). The van der Waals surface area contributed by atoms with Crippen LogP contribution in [0.2, 0.25) is 0 Å². The first-order valence-corrected chi connectivity index (χ1v) is 9.33. The van der Waals surface area contributed by atoms with Crippen LogP contribution in [0.1, 0.15) is 20.3 Å². The summed E-state index contributed by atoms with van der Waals surface area (Å²) in [5.74, 6) is 1.26. The molecule has 0 amide bonds. The van der Waals surface area contributed by atoms with E-state index in [1.807, 2.05) is 40.9 Å². The van der Waals surface area contributed by atoms with Gasteiger partial charge in [-0.25, -0.2) is 0 Å². The molecule has 0 bridgehead atoms. The van der Waals surface area contributed by atoms with Crippen LogP contribution in [0, 0.1) is 5.41 Å². The third-order valence-corrected chi connectivity index (χ3v) is 5.95. The van der Waals surface area contributed by atoms with Gasteiger partial charge in [0.25, 0.3) is 0 Å². The molecular weight excluding hydrogens is 326 g/mol. The predicted molar refractivity (Wildman–Crippen MR) is 105 cm³/mol. The third kappa shape index (κ3) is 2.43. The van der Waals surface area contributed by atoms with E-state index in [2.05, 4.69) is 30.9 Å². The summed E-state index contributed by atoms with van der Waals surface area (Å²) in [7, 11) is 3.95. The molecule has 2 fully saturated rings. The maximum Gasteiger partial charge on any atom is 0.189 e. The van der Waals surface area contributed by atoms with E-state index in [1.54, 1.807) is 0 Å². The van der Waals surface area contributed by atoms with Gasteiger partial charge in [-0.15, -0.1) is 0 Å². The number of fused-ring (bicyclic) bond motifs is 1. The van der Waals surface area contributed by atoms with Crippen LogP contribution in [0.3, 0.4) is 0 Å². The maximum atomic E-state index is 12.9. The molecule has 6 nitrogen and oxygen atoms in total. The zero-order chi connectivity index (χ0) is 18.6. The van der Waals surface area contributed by atoms with Gasteiger partial charge in [-0.05, 0) is 32.4 Å². The summed E-state index contributed by atoms with van der Waals surface area (Å²) in [6, 6.07) is 8.88. The monoisotopic (exact) mass is 353 g/mol. The third-order valence-electron chi connectivity index (χ3n) is 5.95. The first-order chi connectivity index (χ1) is 12.4. The van der Waals surface area contributed by atoms with E-state index in [0.717, 1.165) is 36.7 Å². The lowest BCUT2D eigenvalue weighted by atomic mass is 10.2. The zero-order valence-corrected chi connectivity index (χ0v) is 16.0. The van der Waals surface area contributed by atoms with Gasteiger partial charge in [-0.1, -0.05) is 12.1 Å². The molecule has 0 aromatic heterocycles. The number of anilines is 2. The molecule has 1 unspecified atom stereocenters. The Bertz CT molecular complexity index is 768. The van der Waals surface area contributed by atoms with E-state index < -0.39 is 0 Å². The van der Waals surface area contributed by atoms with Gasteiger partial charge in [-0.3, -0.25) is 15.1 Å². The molecule has 1 atom stereocenters. The Morgan fingerprint density at radius 1 is 1.12 bits per heavy atom. The SMILES string of the molecule is CC(C)N1CCC(N2CC(=O)C(=C3N(C)c4ccccc4N3C)C2=N)C1. The van der Waals surface area contributed by atoms with E-state index in [0.29, 0.717) is 24.0 Å². The summed E-state index contributed by atoms with van der Waals surface area (Å²) in [5, 5.41) is 8.76. The van der Waals surface area contributed by atoms with Crippen molar-refractivity contribution in [2.75, 3.05) is 43.5 Å². The minimum atomic E-state index is 0.0551. The number of carbonyl (C=O) groups is 1. The predicted octanol–water partition coefficient (Wildman–Crippen LogP) is 2.13. The van der Waals surface area contributed by atoms with Crippen LogP contribution in [-0.2, 0) is 4.79 Å². The molecule has 26 heavy (non-hydrogen) atoms. The Labute approximate surface area is 155 Å². The second-order valence-corrected chi connectivity index (χ2v) is 7.74. The van der Waals surface area contributed by atoms with Crippen molar-refractivity contribution in [1.29, 1.82) is 5.41 Å². The Morgan fingerprint density at radius 2 is 1.73 bits per heavy atom. The standard InChI is InChI=1S/C20H27N5O/c1-13(2)24-10-9-14(11-24)25-12-17(26)18(19(25)21)20-22(3)15-7-5-6-8-16(15)23(20)4/h5-8,13-14,21H,9-12H2,1-4H3. The van der Waals surface area contributed by atoms with E-state index in [4.69, 9.17) is 5.41 Å². The van der Waals surface area contributed by atoms with Gasteiger partial charge < -0.3 is 14.7 Å². The van der Waals surface area contributed by atoms with Gasteiger partial charge in [0.15, 0.2) is 5.78 Å². The topological polar surface area (TPSA) is 53.9 Å². The number of benzene rings is 1. The van der Waals surface area contributed by atoms with Gasteiger partial charge in [0, 0.05) is 39.3 Å².